The molecule has 324 valence electrons. The SMILES string of the molecule is c1ccc(-c2ccc(N(c3ccc4c(c3)N(c3ccccc3)c3ccccc3[Si]4(c3ccc4c(c3)oc3ccccc34)c3ccc4c(c3)oc3ccccc34)c3cccc4ccccc34)cc2)cc1. The molecule has 3 heterocycles. The van der Waals surface area contributed by atoms with E-state index in [2.05, 4.69) is 252 Å². The van der Waals surface area contributed by atoms with E-state index in [4.69, 9.17) is 8.83 Å². The lowest BCUT2D eigenvalue weighted by atomic mass is 10.0. The minimum absolute atomic E-state index is 0.882. The van der Waals surface area contributed by atoms with Gasteiger partial charge in [0.1, 0.15) is 22.3 Å². The van der Waals surface area contributed by atoms with Gasteiger partial charge in [-0.25, -0.2) is 0 Å². The van der Waals surface area contributed by atoms with Crippen LogP contribution in [0.15, 0.2) is 264 Å². The highest BCUT2D eigenvalue weighted by Crippen LogP contribution is 2.45. The molecular weight excluding hydrogens is 857 g/mol. The molecule has 11 aromatic carbocycles. The number of nitrogens with zero attached hydrogens (tertiary/aromatic N) is 2. The van der Waals surface area contributed by atoms with Crippen molar-refractivity contribution in [2.75, 3.05) is 9.80 Å². The Morgan fingerprint density at radius 1 is 0.333 bits per heavy atom. The first-order valence-corrected chi connectivity index (χ1v) is 25.6. The van der Waals surface area contributed by atoms with Crippen LogP contribution in [0.1, 0.15) is 0 Å². The molecule has 0 unspecified atom stereocenters. The number of benzene rings is 11. The fourth-order valence-electron chi connectivity index (χ4n) is 11.2. The zero-order valence-corrected chi connectivity index (χ0v) is 38.5. The minimum atomic E-state index is -3.27. The Morgan fingerprint density at radius 3 is 1.55 bits per heavy atom. The van der Waals surface area contributed by atoms with Crippen LogP contribution in [0.25, 0.3) is 65.8 Å². The van der Waals surface area contributed by atoms with Crippen molar-refractivity contribution in [2.24, 2.45) is 0 Å². The Balaban J connectivity index is 1.08. The van der Waals surface area contributed by atoms with E-state index in [1.165, 1.54) is 42.6 Å². The van der Waals surface area contributed by atoms with Crippen molar-refractivity contribution in [3.63, 3.8) is 0 Å². The van der Waals surface area contributed by atoms with Crippen molar-refractivity contribution < 1.29 is 8.83 Å². The molecule has 2 aromatic heterocycles. The van der Waals surface area contributed by atoms with Gasteiger partial charge in [0.05, 0.1) is 5.69 Å². The van der Waals surface area contributed by atoms with E-state index >= 15 is 0 Å². The Morgan fingerprint density at radius 2 is 0.855 bits per heavy atom. The summed E-state index contributed by atoms with van der Waals surface area (Å²) in [4.78, 5) is 4.92. The van der Waals surface area contributed by atoms with Gasteiger partial charge >= 0.3 is 0 Å². The van der Waals surface area contributed by atoms with Crippen LogP contribution in [-0.2, 0) is 0 Å². The molecule has 0 N–H and O–H groups in total. The summed E-state index contributed by atoms with van der Waals surface area (Å²) in [6, 6.07) is 92.8. The maximum atomic E-state index is 6.75. The standard InChI is InChI=1S/C64H42N2O2Si/c1-3-16-43(17-4-1)44-30-32-47(33-31-44)65(56-26-15-19-45-18-7-8-22-51(45)56)48-34-39-64-58(40-48)66(46-20-5-2-6-21-46)57-25-11-14-29-63(57)69(64,49-35-37-54-52-23-9-12-27-59(52)67-61(54)41-49)50-36-38-55-53-24-10-13-28-60(53)68-62(55)42-50/h1-42H. The third-order valence-corrected chi connectivity index (χ3v) is 19.1. The molecule has 0 atom stereocenters. The van der Waals surface area contributed by atoms with E-state index in [0.717, 1.165) is 78.0 Å². The van der Waals surface area contributed by atoms with Gasteiger partial charge in [0.25, 0.3) is 0 Å². The molecule has 13 aromatic rings. The zero-order valence-electron chi connectivity index (χ0n) is 37.5. The summed E-state index contributed by atoms with van der Waals surface area (Å²) in [6.45, 7) is 0. The van der Waals surface area contributed by atoms with Gasteiger partial charge in [0.2, 0.25) is 0 Å². The first-order chi connectivity index (χ1) is 34.2. The van der Waals surface area contributed by atoms with Crippen LogP contribution < -0.4 is 30.5 Å². The summed E-state index contributed by atoms with van der Waals surface area (Å²) in [5.74, 6) is 0. The van der Waals surface area contributed by atoms with Crippen LogP contribution in [0, 0.1) is 0 Å². The molecule has 0 saturated carbocycles. The molecule has 0 bridgehead atoms. The summed E-state index contributed by atoms with van der Waals surface area (Å²) in [5, 5.41) is 11.9. The van der Waals surface area contributed by atoms with Crippen molar-refractivity contribution in [3.8, 4) is 11.1 Å². The minimum Gasteiger partial charge on any atom is -0.456 e. The molecule has 0 spiro atoms. The van der Waals surface area contributed by atoms with Crippen LogP contribution in [0.2, 0.25) is 0 Å². The molecule has 4 nitrogen and oxygen atoms in total. The Labute approximate surface area is 400 Å². The normalized spacial score (nSPS) is 13.0. The second-order valence-electron chi connectivity index (χ2n) is 18.0. The van der Waals surface area contributed by atoms with Crippen molar-refractivity contribution in [2.45, 2.75) is 0 Å². The number of hydrogen-bond donors (Lipinski definition) is 0. The third-order valence-electron chi connectivity index (χ3n) is 14.3. The average Bonchev–Trinajstić information content (AvgIpc) is 3.99. The van der Waals surface area contributed by atoms with Gasteiger partial charge in [0.15, 0.2) is 8.07 Å². The summed E-state index contributed by atoms with van der Waals surface area (Å²) in [7, 11) is -3.27. The molecule has 1 aliphatic rings. The molecule has 0 saturated heterocycles. The highest BCUT2D eigenvalue weighted by molar-refractivity contribution is 7.21. The average molecular weight is 899 g/mol. The van der Waals surface area contributed by atoms with Crippen LogP contribution in [0.3, 0.4) is 0 Å². The number of rotatable bonds is 7. The molecule has 1 aliphatic heterocycles. The molecular formula is C64H42N2O2Si. The molecule has 0 radical (unpaired) electrons. The van der Waals surface area contributed by atoms with Gasteiger partial charge in [0, 0.05) is 55.4 Å². The van der Waals surface area contributed by atoms with Crippen LogP contribution in [-0.4, -0.2) is 8.07 Å². The quantitative estimate of drug-likeness (QED) is 0.149. The highest BCUT2D eigenvalue weighted by atomic mass is 28.3. The van der Waals surface area contributed by atoms with Gasteiger partial charge in [-0.3, -0.25) is 0 Å². The Hall–Kier alpha value is -8.90. The second-order valence-corrected chi connectivity index (χ2v) is 21.7. The largest absolute Gasteiger partial charge is 0.456 e. The van der Waals surface area contributed by atoms with Gasteiger partial charge < -0.3 is 18.6 Å². The van der Waals surface area contributed by atoms with Crippen molar-refractivity contribution in [1.82, 2.24) is 0 Å². The second kappa shape index (κ2) is 15.6. The fourth-order valence-corrected chi connectivity index (χ4v) is 16.3. The van der Waals surface area contributed by atoms with Gasteiger partial charge in [-0.1, -0.05) is 182 Å². The summed E-state index contributed by atoms with van der Waals surface area (Å²) < 4.78 is 13.5. The van der Waals surface area contributed by atoms with Gasteiger partial charge in [-0.15, -0.1) is 0 Å². The van der Waals surface area contributed by atoms with E-state index in [0.29, 0.717) is 0 Å². The third kappa shape index (κ3) is 6.07. The van der Waals surface area contributed by atoms with Crippen molar-refractivity contribution in [3.05, 3.63) is 255 Å². The maximum absolute atomic E-state index is 6.75. The van der Waals surface area contributed by atoms with Gasteiger partial charge in [-0.2, -0.15) is 0 Å². The number of furan rings is 2. The lowest BCUT2D eigenvalue weighted by Crippen LogP contribution is -2.77. The smallest absolute Gasteiger partial charge is 0.184 e. The lowest BCUT2D eigenvalue weighted by Gasteiger charge is -2.45. The van der Waals surface area contributed by atoms with E-state index in [9.17, 15) is 0 Å². The van der Waals surface area contributed by atoms with Crippen LogP contribution >= 0.6 is 0 Å². The van der Waals surface area contributed by atoms with E-state index < -0.39 is 8.07 Å². The summed E-state index contributed by atoms with van der Waals surface area (Å²) in [5.41, 5.74) is 12.5. The molecule has 0 aliphatic carbocycles. The van der Waals surface area contributed by atoms with E-state index in [-0.39, 0.29) is 0 Å². The Bertz CT molecular complexity index is 3980. The fraction of sp³-hybridized carbons (Fsp3) is 0. The molecule has 0 amide bonds. The summed E-state index contributed by atoms with van der Waals surface area (Å²) in [6.07, 6.45) is 0. The lowest BCUT2D eigenvalue weighted by molar-refractivity contribution is 0.669. The predicted octanol–water partition coefficient (Wildman–Crippen LogP) is 14.9. The molecule has 0 fully saturated rings. The number of hydrogen-bond acceptors (Lipinski definition) is 4. The topological polar surface area (TPSA) is 32.8 Å². The van der Waals surface area contributed by atoms with Crippen LogP contribution in [0.5, 0.6) is 0 Å². The monoisotopic (exact) mass is 898 g/mol. The van der Waals surface area contributed by atoms with E-state index in [1.807, 2.05) is 12.1 Å². The van der Waals surface area contributed by atoms with Crippen molar-refractivity contribution in [1.29, 1.82) is 0 Å². The maximum Gasteiger partial charge on any atom is 0.184 e. The summed E-state index contributed by atoms with van der Waals surface area (Å²) >= 11 is 0. The van der Waals surface area contributed by atoms with Crippen LogP contribution in [0.4, 0.5) is 34.1 Å². The highest BCUT2D eigenvalue weighted by Gasteiger charge is 2.49. The molecule has 14 rings (SSSR count). The van der Waals surface area contributed by atoms with Crippen molar-refractivity contribution >= 4 is 118 Å². The molecule has 69 heavy (non-hydrogen) atoms. The first-order valence-electron chi connectivity index (χ1n) is 23.6. The number of fused-ring (bicyclic) bond motifs is 9. The number of anilines is 6. The number of para-hydroxylation sites is 4. The first kappa shape index (κ1) is 39.3. The van der Waals surface area contributed by atoms with E-state index in [1.54, 1.807) is 0 Å². The Kier molecular flexibility index (Phi) is 8.88. The molecule has 5 heteroatoms. The van der Waals surface area contributed by atoms with Gasteiger partial charge in [-0.05, 0) is 110 Å². The zero-order chi connectivity index (χ0) is 45.5. The predicted molar refractivity (Wildman–Crippen MR) is 290 cm³/mol.